The summed E-state index contributed by atoms with van der Waals surface area (Å²) in [5.41, 5.74) is 16.1. The van der Waals surface area contributed by atoms with Gasteiger partial charge in [-0.05, 0) is 32.6 Å². The maximum atomic E-state index is 12.7. The molecule has 1 heterocycles. The normalized spacial score (nSPS) is 19.4. The van der Waals surface area contributed by atoms with Crippen molar-refractivity contribution in [2.75, 3.05) is 18.8 Å². The molecule has 0 spiro atoms. The van der Waals surface area contributed by atoms with Crippen LogP contribution in [0.2, 0.25) is 0 Å². The molecule has 5 atom stereocenters. The molecule has 0 radical (unpaired) electrons. The maximum absolute atomic E-state index is 12.7. The number of hydrogen-bond donors (Lipinski definition) is 8. The van der Waals surface area contributed by atoms with Crippen molar-refractivity contribution in [3.63, 3.8) is 0 Å². The third-order valence-corrected chi connectivity index (χ3v) is 5.38. The van der Waals surface area contributed by atoms with Crippen LogP contribution in [-0.4, -0.2) is 93.9 Å². The van der Waals surface area contributed by atoms with Crippen molar-refractivity contribution < 1.29 is 29.4 Å². The number of aliphatic hydroxyl groups is 1. The zero-order chi connectivity index (χ0) is 24.4. The van der Waals surface area contributed by atoms with Gasteiger partial charge in [-0.15, -0.1) is 0 Å². The molecule has 0 aromatic heterocycles. The standard InChI is InChI=1S/C18H33N7O6S/c1-9(26)13(19)16(29)25-7-3-5-12(25)15(28)24-11(8-32)14(27)23-10(17(30)31)4-2-6-22-18(20)21/h9-13,26,32H,2-8,19H2,1H3,(H,23,27)(H,24,28)(H,30,31)(H4,20,21,22). The van der Waals surface area contributed by atoms with Crippen LogP contribution < -0.4 is 27.8 Å². The van der Waals surface area contributed by atoms with E-state index in [1.54, 1.807) is 0 Å². The van der Waals surface area contributed by atoms with E-state index in [0.717, 1.165) is 0 Å². The second kappa shape index (κ2) is 13.1. The van der Waals surface area contributed by atoms with Gasteiger partial charge in [0.2, 0.25) is 17.7 Å². The number of aliphatic imine (C=N–C) groups is 1. The number of aliphatic hydroxyl groups excluding tert-OH is 1. The average Bonchev–Trinajstić information content (AvgIpc) is 3.22. The molecule has 1 fully saturated rings. The minimum atomic E-state index is -1.24. The highest BCUT2D eigenvalue weighted by atomic mass is 32.1. The van der Waals surface area contributed by atoms with E-state index in [9.17, 15) is 29.4 Å². The number of nitrogens with zero attached hydrogens (tertiary/aromatic N) is 2. The van der Waals surface area contributed by atoms with Gasteiger partial charge in [0.05, 0.1) is 6.10 Å². The third kappa shape index (κ3) is 8.16. The third-order valence-electron chi connectivity index (χ3n) is 5.02. The largest absolute Gasteiger partial charge is 0.480 e. The van der Waals surface area contributed by atoms with Gasteiger partial charge < -0.3 is 42.9 Å². The smallest absolute Gasteiger partial charge is 0.326 e. The number of guanidine groups is 1. The van der Waals surface area contributed by atoms with E-state index in [2.05, 4.69) is 28.3 Å². The highest BCUT2D eigenvalue weighted by Gasteiger charge is 2.38. The summed E-state index contributed by atoms with van der Waals surface area (Å²) in [5.74, 6) is -3.32. The molecule has 14 heteroatoms. The fourth-order valence-electron chi connectivity index (χ4n) is 3.20. The van der Waals surface area contributed by atoms with Gasteiger partial charge in [-0.3, -0.25) is 19.4 Å². The number of carbonyl (C=O) groups excluding carboxylic acids is 3. The highest BCUT2D eigenvalue weighted by Crippen LogP contribution is 2.19. The second-order valence-electron chi connectivity index (χ2n) is 7.55. The summed E-state index contributed by atoms with van der Waals surface area (Å²) in [7, 11) is 0. The lowest BCUT2D eigenvalue weighted by Crippen LogP contribution is -2.58. The zero-order valence-corrected chi connectivity index (χ0v) is 18.8. The van der Waals surface area contributed by atoms with Crippen molar-refractivity contribution in [3.05, 3.63) is 0 Å². The highest BCUT2D eigenvalue weighted by molar-refractivity contribution is 7.80. The quantitative estimate of drug-likeness (QED) is 0.0612. The number of nitrogens with one attached hydrogen (secondary N) is 2. The summed E-state index contributed by atoms with van der Waals surface area (Å²) < 4.78 is 0. The van der Waals surface area contributed by atoms with Crippen molar-refractivity contribution in [1.29, 1.82) is 0 Å². The minimum Gasteiger partial charge on any atom is -0.480 e. The Bertz CT molecular complexity index is 716. The van der Waals surface area contributed by atoms with Crippen LogP contribution in [0.3, 0.4) is 0 Å². The Balaban J connectivity index is 2.74. The van der Waals surface area contributed by atoms with Crippen molar-refractivity contribution in [2.24, 2.45) is 22.2 Å². The Morgan fingerprint density at radius 3 is 2.41 bits per heavy atom. The first kappa shape index (κ1) is 27.5. The monoisotopic (exact) mass is 475 g/mol. The van der Waals surface area contributed by atoms with E-state index in [-0.39, 0.29) is 24.7 Å². The molecular weight excluding hydrogens is 442 g/mol. The van der Waals surface area contributed by atoms with Gasteiger partial charge in [0.25, 0.3) is 0 Å². The van der Waals surface area contributed by atoms with E-state index in [0.29, 0.717) is 25.8 Å². The first-order chi connectivity index (χ1) is 15.0. The fraction of sp³-hybridized carbons (Fsp3) is 0.722. The van der Waals surface area contributed by atoms with E-state index in [1.807, 2.05) is 0 Å². The summed E-state index contributed by atoms with van der Waals surface area (Å²) in [6.45, 7) is 1.88. The molecule has 32 heavy (non-hydrogen) atoms. The van der Waals surface area contributed by atoms with E-state index >= 15 is 0 Å². The number of aliphatic carboxylic acids is 1. The lowest BCUT2D eigenvalue weighted by atomic mass is 10.1. The van der Waals surface area contributed by atoms with Crippen molar-refractivity contribution in [2.45, 2.75) is 62.9 Å². The number of rotatable bonds is 12. The molecular formula is C18H33N7O6S. The lowest BCUT2D eigenvalue weighted by Gasteiger charge is -2.29. The lowest BCUT2D eigenvalue weighted by molar-refractivity contribution is -0.143. The summed E-state index contributed by atoms with van der Waals surface area (Å²) in [6, 6.07) is -4.34. The summed E-state index contributed by atoms with van der Waals surface area (Å²) in [4.78, 5) is 54.2. The number of carboxylic acid groups (broad SMARTS) is 1. The van der Waals surface area contributed by atoms with Crippen LogP contribution in [0.1, 0.15) is 32.6 Å². The molecule has 10 N–H and O–H groups in total. The van der Waals surface area contributed by atoms with E-state index in [1.165, 1.54) is 11.8 Å². The molecule has 1 rings (SSSR count). The Morgan fingerprint density at radius 2 is 1.88 bits per heavy atom. The van der Waals surface area contributed by atoms with Crippen molar-refractivity contribution in [1.82, 2.24) is 15.5 Å². The van der Waals surface area contributed by atoms with Crippen LogP contribution in [0, 0.1) is 0 Å². The Morgan fingerprint density at radius 1 is 1.22 bits per heavy atom. The number of nitrogens with two attached hydrogens (primary N) is 3. The second-order valence-corrected chi connectivity index (χ2v) is 7.91. The molecule has 1 saturated heterocycles. The minimum absolute atomic E-state index is 0.0766. The number of carboxylic acids is 1. The molecule has 1 aliphatic rings. The van der Waals surface area contributed by atoms with Gasteiger partial charge in [-0.25, -0.2) is 4.79 Å². The van der Waals surface area contributed by atoms with Crippen LogP contribution >= 0.6 is 12.6 Å². The number of likely N-dealkylation sites (tertiary alicyclic amines) is 1. The predicted octanol–water partition coefficient (Wildman–Crippen LogP) is -3.28. The SMILES string of the molecule is CC(O)C(N)C(=O)N1CCCC1C(=O)NC(CS)C(=O)NC(CCCN=C(N)N)C(=O)O. The maximum Gasteiger partial charge on any atom is 0.326 e. The molecule has 0 aliphatic carbocycles. The van der Waals surface area contributed by atoms with Crippen molar-refractivity contribution >= 4 is 42.3 Å². The van der Waals surface area contributed by atoms with Crippen LogP contribution in [-0.2, 0) is 19.2 Å². The Labute approximate surface area is 191 Å². The van der Waals surface area contributed by atoms with Gasteiger partial charge >= 0.3 is 5.97 Å². The Kier molecular flexibility index (Phi) is 11.2. The topological polar surface area (TPSA) is 226 Å². The van der Waals surface area contributed by atoms with E-state index in [4.69, 9.17) is 17.2 Å². The Hall–Kier alpha value is -2.58. The number of thiol groups is 1. The number of carbonyl (C=O) groups is 4. The van der Waals surface area contributed by atoms with Gasteiger partial charge in [-0.1, -0.05) is 0 Å². The molecule has 182 valence electrons. The molecule has 0 saturated carbocycles. The summed E-state index contributed by atoms with van der Waals surface area (Å²) in [5, 5.41) is 23.8. The summed E-state index contributed by atoms with van der Waals surface area (Å²) >= 11 is 4.08. The predicted molar refractivity (Wildman–Crippen MR) is 120 cm³/mol. The number of amides is 3. The van der Waals surface area contributed by atoms with E-state index < -0.39 is 54.0 Å². The molecule has 0 aromatic carbocycles. The van der Waals surface area contributed by atoms with Crippen LogP contribution in [0.15, 0.2) is 4.99 Å². The molecule has 1 aliphatic heterocycles. The van der Waals surface area contributed by atoms with Gasteiger partial charge in [0.1, 0.15) is 24.2 Å². The first-order valence-corrected chi connectivity index (χ1v) is 10.9. The average molecular weight is 476 g/mol. The summed E-state index contributed by atoms with van der Waals surface area (Å²) in [6.07, 6.45) is 0.240. The fourth-order valence-corrected chi connectivity index (χ4v) is 3.45. The van der Waals surface area contributed by atoms with Crippen LogP contribution in [0.5, 0.6) is 0 Å². The molecule has 0 bridgehead atoms. The zero-order valence-electron chi connectivity index (χ0n) is 17.9. The van der Waals surface area contributed by atoms with Crippen LogP contribution in [0.25, 0.3) is 0 Å². The van der Waals surface area contributed by atoms with Crippen molar-refractivity contribution in [3.8, 4) is 0 Å². The first-order valence-electron chi connectivity index (χ1n) is 10.2. The van der Waals surface area contributed by atoms with Crippen LogP contribution in [0.4, 0.5) is 0 Å². The molecule has 13 nitrogen and oxygen atoms in total. The molecule has 0 aromatic rings. The van der Waals surface area contributed by atoms with Gasteiger partial charge in [0.15, 0.2) is 5.96 Å². The molecule has 3 amide bonds. The van der Waals surface area contributed by atoms with Gasteiger partial charge in [0, 0.05) is 18.8 Å². The molecule has 5 unspecified atom stereocenters. The number of hydrogen-bond acceptors (Lipinski definition) is 8. The van der Waals surface area contributed by atoms with Gasteiger partial charge in [-0.2, -0.15) is 12.6 Å².